The summed E-state index contributed by atoms with van der Waals surface area (Å²) in [5.41, 5.74) is 5.54. The molecule has 0 aromatic carbocycles. The summed E-state index contributed by atoms with van der Waals surface area (Å²) >= 11 is 5.69. The molecule has 72 valence electrons. The van der Waals surface area contributed by atoms with Crippen molar-refractivity contribution >= 4 is 29.8 Å². The minimum Gasteiger partial charge on any atom is -0.494 e. The number of nitrogens with zero attached hydrogens (tertiary/aromatic N) is 1. The summed E-state index contributed by atoms with van der Waals surface area (Å²) in [6.07, 6.45) is 0. The van der Waals surface area contributed by atoms with Gasteiger partial charge >= 0.3 is 0 Å². The van der Waals surface area contributed by atoms with E-state index < -0.39 is 0 Å². The zero-order valence-electron chi connectivity index (χ0n) is 6.87. The average molecular weight is 222 g/mol. The van der Waals surface area contributed by atoms with Crippen LogP contribution in [-0.2, 0) is 0 Å². The van der Waals surface area contributed by atoms with Gasteiger partial charge in [-0.3, -0.25) is 5.41 Å². The lowest BCUT2D eigenvalue weighted by atomic mass is 10.3. The van der Waals surface area contributed by atoms with E-state index in [2.05, 4.69) is 4.98 Å². The molecule has 6 heteroatoms. The van der Waals surface area contributed by atoms with Crippen LogP contribution in [0.1, 0.15) is 5.69 Å². The van der Waals surface area contributed by atoms with E-state index in [0.717, 1.165) is 0 Å². The molecule has 0 aliphatic rings. The molecule has 0 aliphatic carbocycles. The zero-order chi connectivity index (χ0) is 9.14. The number of hydrogen-bond donors (Lipinski definition) is 2. The van der Waals surface area contributed by atoms with E-state index in [0.29, 0.717) is 11.4 Å². The Bertz CT molecular complexity index is 317. The van der Waals surface area contributed by atoms with Crippen molar-refractivity contribution in [1.82, 2.24) is 4.98 Å². The molecule has 0 atom stereocenters. The van der Waals surface area contributed by atoms with Gasteiger partial charge in [0.15, 0.2) is 10.9 Å². The van der Waals surface area contributed by atoms with Crippen LogP contribution < -0.4 is 10.5 Å². The van der Waals surface area contributed by atoms with Gasteiger partial charge < -0.3 is 10.5 Å². The largest absolute Gasteiger partial charge is 0.494 e. The van der Waals surface area contributed by atoms with Crippen LogP contribution in [0.15, 0.2) is 12.1 Å². The SMILES string of the molecule is COc1ccc(C(=N)N)nc1Cl.Cl. The summed E-state index contributed by atoms with van der Waals surface area (Å²) in [6.45, 7) is 0. The first-order chi connectivity index (χ1) is 5.65. The Morgan fingerprint density at radius 1 is 1.62 bits per heavy atom. The number of nitrogen functional groups attached to an aromatic ring is 1. The molecule has 0 fully saturated rings. The van der Waals surface area contributed by atoms with Gasteiger partial charge in [-0.15, -0.1) is 12.4 Å². The van der Waals surface area contributed by atoms with E-state index in [9.17, 15) is 0 Å². The third-order valence-corrected chi connectivity index (χ3v) is 1.58. The molecule has 0 bridgehead atoms. The second-order valence-electron chi connectivity index (χ2n) is 2.10. The number of amidine groups is 1. The van der Waals surface area contributed by atoms with Gasteiger partial charge in [-0.2, -0.15) is 0 Å². The lowest BCUT2D eigenvalue weighted by molar-refractivity contribution is 0.413. The minimum absolute atomic E-state index is 0. The third kappa shape index (κ3) is 2.75. The molecule has 0 radical (unpaired) electrons. The van der Waals surface area contributed by atoms with Crippen LogP contribution in [0.2, 0.25) is 5.15 Å². The maximum Gasteiger partial charge on any atom is 0.171 e. The Morgan fingerprint density at radius 2 is 2.23 bits per heavy atom. The van der Waals surface area contributed by atoms with E-state index in [-0.39, 0.29) is 23.4 Å². The molecular formula is C7H9Cl2N3O. The lowest BCUT2D eigenvalue weighted by Gasteiger charge is -2.02. The first-order valence-electron chi connectivity index (χ1n) is 3.20. The van der Waals surface area contributed by atoms with Crippen molar-refractivity contribution in [2.75, 3.05) is 7.11 Å². The van der Waals surface area contributed by atoms with Crippen molar-refractivity contribution in [1.29, 1.82) is 5.41 Å². The van der Waals surface area contributed by atoms with Gasteiger partial charge in [0.05, 0.1) is 7.11 Å². The first kappa shape index (κ1) is 12.0. The van der Waals surface area contributed by atoms with Gasteiger partial charge in [0, 0.05) is 0 Å². The lowest BCUT2D eigenvalue weighted by Crippen LogP contribution is -2.13. The predicted molar refractivity (Wildman–Crippen MR) is 54.1 cm³/mol. The fourth-order valence-electron chi connectivity index (χ4n) is 0.724. The normalized spacial score (nSPS) is 8.77. The number of ether oxygens (including phenoxy) is 1. The molecule has 0 saturated heterocycles. The molecule has 0 spiro atoms. The van der Waals surface area contributed by atoms with Crippen LogP contribution in [0.5, 0.6) is 5.75 Å². The molecule has 1 rings (SSSR count). The zero-order valence-corrected chi connectivity index (χ0v) is 8.45. The predicted octanol–water partition coefficient (Wildman–Crippen LogP) is 1.45. The maximum absolute atomic E-state index is 7.08. The Hall–Kier alpha value is -1.00. The number of nitrogens with two attached hydrogens (primary N) is 1. The molecule has 0 amide bonds. The van der Waals surface area contributed by atoms with Gasteiger partial charge in [0.1, 0.15) is 11.5 Å². The number of halogens is 2. The highest BCUT2D eigenvalue weighted by Crippen LogP contribution is 2.20. The van der Waals surface area contributed by atoms with E-state index in [1.54, 1.807) is 12.1 Å². The van der Waals surface area contributed by atoms with Crippen LogP contribution in [0, 0.1) is 5.41 Å². The quantitative estimate of drug-likeness (QED) is 0.452. The summed E-state index contributed by atoms with van der Waals surface area (Å²) in [5.74, 6) is 0.362. The molecule has 1 heterocycles. The summed E-state index contributed by atoms with van der Waals surface area (Å²) < 4.78 is 4.87. The van der Waals surface area contributed by atoms with Gasteiger partial charge in [0.25, 0.3) is 0 Å². The number of hydrogen-bond acceptors (Lipinski definition) is 3. The van der Waals surface area contributed by atoms with Gasteiger partial charge in [-0.25, -0.2) is 4.98 Å². The Balaban J connectivity index is 0.00000144. The van der Waals surface area contributed by atoms with Crippen LogP contribution >= 0.6 is 24.0 Å². The topological polar surface area (TPSA) is 72.0 Å². The third-order valence-electron chi connectivity index (χ3n) is 1.31. The fraction of sp³-hybridized carbons (Fsp3) is 0.143. The highest BCUT2D eigenvalue weighted by Gasteiger charge is 2.04. The van der Waals surface area contributed by atoms with E-state index >= 15 is 0 Å². The van der Waals surface area contributed by atoms with Gasteiger partial charge in [-0.1, -0.05) is 11.6 Å². The summed E-state index contributed by atoms with van der Waals surface area (Å²) in [5, 5.41) is 7.29. The Kier molecular flexibility index (Phi) is 4.51. The molecular weight excluding hydrogens is 213 g/mol. The molecule has 4 nitrogen and oxygen atoms in total. The van der Waals surface area contributed by atoms with Crippen molar-refractivity contribution in [2.45, 2.75) is 0 Å². The number of nitrogens with one attached hydrogen (secondary N) is 1. The number of methoxy groups -OCH3 is 1. The van der Waals surface area contributed by atoms with Crippen LogP contribution in [-0.4, -0.2) is 17.9 Å². The van der Waals surface area contributed by atoms with Crippen LogP contribution in [0.25, 0.3) is 0 Å². The molecule has 0 aliphatic heterocycles. The fourth-order valence-corrected chi connectivity index (χ4v) is 0.955. The average Bonchev–Trinajstić information content (AvgIpc) is 2.04. The van der Waals surface area contributed by atoms with E-state index in [1.807, 2.05) is 0 Å². The minimum atomic E-state index is -0.112. The van der Waals surface area contributed by atoms with Crippen molar-refractivity contribution in [2.24, 2.45) is 5.73 Å². The smallest absolute Gasteiger partial charge is 0.171 e. The van der Waals surface area contributed by atoms with Crippen molar-refractivity contribution in [3.05, 3.63) is 23.0 Å². The summed E-state index contributed by atoms with van der Waals surface area (Å²) in [4.78, 5) is 3.83. The molecule has 0 saturated carbocycles. The van der Waals surface area contributed by atoms with Crippen LogP contribution in [0.3, 0.4) is 0 Å². The van der Waals surface area contributed by atoms with Gasteiger partial charge in [0.2, 0.25) is 0 Å². The second kappa shape index (κ2) is 4.89. The number of rotatable bonds is 2. The van der Waals surface area contributed by atoms with Crippen molar-refractivity contribution in [3.8, 4) is 5.75 Å². The Labute approximate surface area is 87.0 Å². The van der Waals surface area contributed by atoms with Crippen LogP contribution in [0.4, 0.5) is 0 Å². The summed E-state index contributed by atoms with van der Waals surface area (Å²) in [7, 11) is 1.50. The van der Waals surface area contributed by atoms with Crippen molar-refractivity contribution in [3.63, 3.8) is 0 Å². The van der Waals surface area contributed by atoms with Crippen molar-refractivity contribution < 1.29 is 4.74 Å². The molecule has 0 unspecified atom stereocenters. The number of pyridine rings is 1. The summed E-state index contributed by atoms with van der Waals surface area (Å²) in [6, 6.07) is 3.19. The monoisotopic (exact) mass is 221 g/mol. The van der Waals surface area contributed by atoms with E-state index in [1.165, 1.54) is 7.11 Å². The highest BCUT2D eigenvalue weighted by molar-refractivity contribution is 6.31. The van der Waals surface area contributed by atoms with Gasteiger partial charge in [-0.05, 0) is 12.1 Å². The maximum atomic E-state index is 7.08. The molecule has 3 N–H and O–H groups in total. The highest BCUT2D eigenvalue weighted by atomic mass is 35.5. The van der Waals surface area contributed by atoms with E-state index in [4.69, 9.17) is 27.5 Å². The standard InChI is InChI=1S/C7H8ClN3O.ClH/c1-12-5-3-2-4(7(9)10)11-6(5)8;/h2-3H,1H3,(H3,9,10);1H. The Morgan fingerprint density at radius 3 is 2.62 bits per heavy atom. The first-order valence-corrected chi connectivity index (χ1v) is 3.58. The molecule has 13 heavy (non-hydrogen) atoms. The molecule has 1 aromatic rings. The number of aromatic nitrogens is 1. The second-order valence-corrected chi connectivity index (χ2v) is 2.46. The molecule has 1 aromatic heterocycles.